The van der Waals surface area contributed by atoms with Gasteiger partial charge in [-0.1, -0.05) is 13.8 Å². The van der Waals surface area contributed by atoms with Crippen LogP contribution >= 0.6 is 0 Å². The summed E-state index contributed by atoms with van der Waals surface area (Å²) < 4.78 is 58.5. The fraction of sp³-hybridized carbons (Fsp3) is 0.476. The Balaban J connectivity index is 1.83. The first kappa shape index (κ1) is 21.3. The molecule has 4 rings (SSSR count). The normalized spacial score (nSPS) is 16.6. The van der Waals surface area contributed by atoms with Crippen molar-refractivity contribution in [1.29, 1.82) is 0 Å². The summed E-state index contributed by atoms with van der Waals surface area (Å²) in [6, 6.07) is 5.46. The lowest BCUT2D eigenvalue weighted by molar-refractivity contribution is 0.125. The minimum absolute atomic E-state index is 0.145. The van der Waals surface area contributed by atoms with Gasteiger partial charge >= 0.3 is 0 Å². The monoisotopic (exact) mass is 437 g/mol. The number of fused-ring (bicyclic) bond motifs is 3. The number of nitrogens with zero attached hydrogens (tertiary/aromatic N) is 4. The zero-order valence-corrected chi connectivity index (χ0v) is 17.4. The number of alkyl halides is 4. The summed E-state index contributed by atoms with van der Waals surface area (Å²) in [4.78, 5) is 16.1. The van der Waals surface area contributed by atoms with Crippen LogP contribution in [0, 0.1) is 5.92 Å². The van der Waals surface area contributed by atoms with Crippen molar-refractivity contribution in [1.82, 2.24) is 19.9 Å². The van der Waals surface area contributed by atoms with E-state index in [2.05, 4.69) is 19.9 Å². The Morgan fingerprint density at radius 2 is 1.77 bits per heavy atom. The van der Waals surface area contributed by atoms with E-state index in [1.54, 1.807) is 12.0 Å². The highest BCUT2D eigenvalue weighted by atomic mass is 19.3. The maximum atomic E-state index is 13.3. The Kier molecular flexibility index (Phi) is 5.72. The number of benzene rings is 1. The Labute approximate surface area is 176 Å². The van der Waals surface area contributed by atoms with E-state index in [9.17, 15) is 17.6 Å². The van der Waals surface area contributed by atoms with E-state index in [0.717, 1.165) is 27.9 Å². The van der Waals surface area contributed by atoms with Crippen molar-refractivity contribution < 1.29 is 22.3 Å². The van der Waals surface area contributed by atoms with Crippen LogP contribution in [-0.2, 0) is 6.42 Å². The van der Waals surface area contributed by atoms with E-state index >= 15 is 0 Å². The van der Waals surface area contributed by atoms with Gasteiger partial charge in [-0.05, 0) is 42.5 Å². The van der Waals surface area contributed by atoms with Crippen molar-refractivity contribution in [2.45, 2.75) is 45.6 Å². The lowest BCUT2D eigenvalue weighted by Crippen LogP contribution is -2.38. The van der Waals surface area contributed by atoms with Crippen LogP contribution in [0.15, 0.2) is 18.2 Å². The molecular formula is C21H23F4N5O. The Morgan fingerprint density at radius 1 is 1.10 bits per heavy atom. The number of nitrogens with one attached hydrogen (secondary N) is 1. The number of hydrogen-bond donors (Lipinski definition) is 1. The van der Waals surface area contributed by atoms with Crippen molar-refractivity contribution in [2.24, 2.45) is 5.92 Å². The molecule has 166 valence electrons. The second-order valence-electron chi connectivity index (χ2n) is 7.97. The van der Waals surface area contributed by atoms with Crippen LogP contribution in [0.3, 0.4) is 0 Å². The van der Waals surface area contributed by atoms with Gasteiger partial charge in [-0.3, -0.25) is 0 Å². The molecule has 0 amide bonds. The first-order chi connectivity index (χ1) is 14.8. The summed E-state index contributed by atoms with van der Waals surface area (Å²) in [7, 11) is 1.60. The summed E-state index contributed by atoms with van der Waals surface area (Å²) >= 11 is 0. The molecule has 0 saturated carbocycles. The average molecular weight is 437 g/mol. The predicted molar refractivity (Wildman–Crippen MR) is 108 cm³/mol. The number of methoxy groups -OCH3 is 1. The number of aromatic amines is 1. The minimum atomic E-state index is -3.07. The topological polar surface area (TPSA) is 66.9 Å². The fourth-order valence-corrected chi connectivity index (χ4v) is 4.12. The van der Waals surface area contributed by atoms with Crippen LogP contribution in [0.25, 0.3) is 10.9 Å². The minimum Gasteiger partial charge on any atom is -0.497 e. The average Bonchev–Trinajstić information content (AvgIpc) is 3.11. The third-order valence-corrected chi connectivity index (χ3v) is 5.46. The summed E-state index contributed by atoms with van der Waals surface area (Å²) in [5.74, 6) is -1.03. The van der Waals surface area contributed by atoms with Crippen LogP contribution in [-0.4, -0.2) is 33.6 Å². The van der Waals surface area contributed by atoms with E-state index < -0.39 is 24.5 Å². The summed E-state index contributed by atoms with van der Waals surface area (Å²) in [6.07, 6.45) is -4.89. The van der Waals surface area contributed by atoms with Crippen LogP contribution < -0.4 is 9.64 Å². The molecule has 1 aliphatic rings. The Bertz CT molecular complexity index is 1060. The standard InChI is InChI=1S/C21H23F4N5O/c1-10(2)8-15-16-12(13-9-11(31-3)4-5-14(13)26-16)6-7-30(15)21-28-19(17(22)23)27-20(29-21)18(24)25/h4-5,9-10,15,17-18,26H,6-8H2,1-3H3/t15-/m0/s1. The second-order valence-corrected chi connectivity index (χ2v) is 7.97. The summed E-state index contributed by atoms with van der Waals surface area (Å²) in [6.45, 7) is 4.49. The highest BCUT2D eigenvalue weighted by molar-refractivity contribution is 5.87. The van der Waals surface area contributed by atoms with E-state index in [1.165, 1.54) is 0 Å². The van der Waals surface area contributed by atoms with Gasteiger partial charge in [-0.15, -0.1) is 0 Å². The predicted octanol–water partition coefficient (Wildman–Crippen LogP) is 5.39. The lowest BCUT2D eigenvalue weighted by Gasteiger charge is -2.37. The summed E-state index contributed by atoms with van der Waals surface area (Å²) in [5.41, 5.74) is 2.95. The molecule has 1 aromatic carbocycles. The van der Waals surface area contributed by atoms with Gasteiger partial charge in [-0.25, -0.2) is 22.5 Å². The molecule has 1 atom stereocenters. The van der Waals surface area contributed by atoms with Crippen molar-refractivity contribution in [3.8, 4) is 5.75 Å². The molecule has 1 aliphatic heterocycles. The van der Waals surface area contributed by atoms with E-state index in [0.29, 0.717) is 19.4 Å². The van der Waals surface area contributed by atoms with Crippen molar-refractivity contribution in [2.75, 3.05) is 18.6 Å². The lowest BCUT2D eigenvalue weighted by atomic mass is 9.92. The van der Waals surface area contributed by atoms with Crippen LogP contribution in [0.4, 0.5) is 23.5 Å². The zero-order chi connectivity index (χ0) is 22.3. The maximum absolute atomic E-state index is 13.3. The molecular weight excluding hydrogens is 414 g/mol. The summed E-state index contributed by atoms with van der Waals surface area (Å²) in [5, 5.41) is 1.03. The molecule has 2 aromatic heterocycles. The number of anilines is 1. The van der Waals surface area contributed by atoms with Gasteiger partial charge in [0.2, 0.25) is 17.6 Å². The van der Waals surface area contributed by atoms with E-state index in [4.69, 9.17) is 4.74 Å². The van der Waals surface area contributed by atoms with Crippen molar-refractivity contribution >= 4 is 16.9 Å². The Morgan fingerprint density at radius 3 is 2.35 bits per heavy atom. The van der Waals surface area contributed by atoms with Crippen LogP contribution in [0.1, 0.15) is 62.1 Å². The van der Waals surface area contributed by atoms with Gasteiger partial charge in [-0.2, -0.15) is 9.97 Å². The molecule has 3 aromatic rings. The number of halogens is 4. The first-order valence-corrected chi connectivity index (χ1v) is 10.1. The molecule has 0 unspecified atom stereocenters. The van der Waals surface area contributed by atoms with E-state index in [-0.39, 0.29) is 17.9 Å². The third-order valence-electron chi connectivity index (χ3n) is 5.46. The quantitative estimate of drug-likeness (QED) is 0.524. The highest BCUT2D eigenvalue weighted by Gasteiger charge is 2.34. The van der Waals surface area contributed by atoms with E-state index in [1.807, 2.05) is 32.0 Å². The molecule has 3 heterocycles. The van der Waals surface area contributed by atoms with Crippen LogP contribution in [0.2, 0.25) is 0 Å². The highest BCUT2D eigenvalue weighted by Crippen LogP contribution is 2.40. The first-order valence-electron chi connectivity index (χ1n) is 10.1. The molecule has 6 nitrogen and oxygen atoms in total. The maximum Gasteiger partial charge on any atom is 0.297 e. The largest absolute Gasteiger partial charge is 0.497 e. The number of ether oxygens (including phenoxy) is 1. The number of aromatic nitrogens is 4. The molecule has 1 N–H and O–H groups in total. The van der Waals surface area contributed by atoms with Gasteiger partial charge in [0.15, 0.2) is 0 Å². The molecule has 0 radical (unpaired) electrons. The molecule has 0 bridgehead atoms. The number of hydrogen-bond acceptors (Lipinski definition) is 5. The van der Waals surface area contributed by atoms with Gasteiger partial charge < -0.3 is 14.6 Å². The SMILES string of the molecule is COc1ccc2[nH]c3c(c2c1)CCN(c1nc(C(F)F)nc(C(F)F)n1)[C@H]3CC(C)C. The Hall–Kier alpha value is -2.91. The van der Waals surface area contributed by atoms with Gasteiger partial charge in [0.05, 0.1) is 13.2 Å². The third kappa shape index (κ3) is 4.03. The smallest absolute Gasteiger partial charge is 0.297 e. The van der Waals surface area contributed by atoms with Crippen molar-refractivity contribution in [3.05, 3.63) is 41.1 Å². The molecule has 31 heavy (non-hydrogen) atoms. The molecule has 0 fully saturated rings. The second kappa shape index (κ2) is 8.32. The number of rotatable bonds is 6. The van der Waals surface area contributed by atoms with Crippen LogP contribution in [0.5, 0.6) is 5.75 Å². The molecule has 0 aliphatic carbocycles. The fourth-order valence-electron chi connectivity index (χ4n) is 4.12. The number of H-pyrrole nitrogens is 1. The zero-order valence-electron chi connectivity index (χ0n) is 17.4. The van der Waals surface area contributed by atoms with Crippen molar-refractivity contribution in [3.63, 3.8) is 0 Å². The molecule has 0 spiro atoms. The van der Waals surface area contributed by atoms with Gasteiger partial charge in [0.25, 0.3) is 12.9 Å². The molecule has 0 saturated heterocycles. The van der Waals surface area contributed by atoms with Gasteiger partial charge in [0, 0.05) is 23.1 Å². The molecule has 10 heteroatoms. The van der Waals surface area contributed by atoms with Gasteiger partial charge in [0.1, 0.15) is 5.75 Å².